The summed E-state index contributed by atoms with van der Waals surface area (Å²) >= 11 is 0. The van der Waals surface area contributed by atoms with Crippen LogP contribution in [0.4, 0.5) is 5.82 Å². The molecule has 1 saturated heterocycles. The number of nitrogens with two attached hydrogens (primary N) is 1. The highest BCUT2D eigenvalue weighted by Gasteiger charge is 2.17. The molecular formula is C26H23N7O. The third kappa shape index (κ3) is 4.12. The van der Waals surface area contributed by atoms with E-state index in [1.807, 2.05) is 51.9 Å². The summed E-state index contributed by atoms with van der Waals surface area (Å²) in [4.78, 5) is 23.1. The molecule has 168 valence electrons. The van der Waals surface area contributed by atoms with Crippen LogP contribution in [0, 0.1) is 17.3 Å². The lowest BCUT2D eigenvalue weighted by atomic mass is 10.0. The van der Waals surface area contributed by atoms with E-state index in [9.17, 15) is 4.79 Å². The maximum atomic E-state index is 12.7. The number of aromatic nitrogens is 3. The van der Waals surface area contributed by atoms with Gasteiger partial charge in [-0.3, -0.25) is 9.20 Å². The molecule has 0 atom stereocenters. The lowest BCUT2D eigenvalue weighted by Crippen LogP contribution is -2.46. The molecule has 4 heterocycles. The number of fused-ring (bicyclic) bond motifs is 1. The van der Waals surface area contributed by atoms with E-state index in [0.717, 1.165) is 49.2 Å². The molecule has 4 N–H and O–H groups in total. The van der Waals surface area contributed by atoms with Crippen LogP contribution in [0.3, 0.4) is 0 Å². The second-order valence-corrected chi connectivity index (χ2v) is 7.96. The average Bonchev–Trinajstić information content (AvgIpc) is 3.30. The van der Waals surface area contributed by atoms with Crippen LogP contribution in [0.5, 0.6) is 0 Å². The van der Waals surface area contributed by atoms with Crippen LogP contribution in [0.2, 0.25) is 0 Å². The summed E-state index contributed by atoms with van der Waals surface area (Å²) in [5.74, 6) is 6.56. The summed E-state index contributed by atoms with van der Waals surface area (Å²) in [5.41, 5.74) is 11.2. The Hall–Kier alpha value is -4.48. The number of nitrogens with one attached hydrogen (secondary N) is 2. The number of imidazole rings is 1. The maximum absolute atomic E-state index is 12.7. The average molecular weight is 450 g/mol. The molecule has 0 spiro atoms. The molecule has 0 saturated carbocycles. The van der Waals surface area contributed by atoms with E-state index in [0.29, 0.717) is 22.4 Å². The first-order valence-electron chi connectivity index (χ1n) is 11.0. The number of nitrogens with zero attached hydrogens (tertiary/aromatic N) is 4. The van der Waals surface area contributed by atoms with Gasteiger partial charge in [0.2, 0.25) is 0 Å². The van der Waals surface area contributed by atoms with Crippen molar-refractivity contribution in [3.63, 3.8) is 0 Å². The van der Waals surface area contributed by atoms with Gasteiger partial charge in [0, 0.05) is 61.5 Å². The molecule has 1 fully saturated rings. The van der Waals surface area contributed by atoms with E-state index >= 15 is 0 Å². The number of nitrogen functional groups attached to an aromatic ring is 1. The summed E-state index contributed by atoms with van der Waals surface area (Å²) in [6.07, 6.45) is 6.44. The van der Waals surface area contributed by atoms with Crippen molar-refractivity contribution in [2.45, 2.75) is 0 Å². The molecule has 8 heteroatoms. The lowest BCUT2D eigenvalue weighted by molar-refractivity contribution is 0.0736. The van der Waals surface area contributed by atoms with Crippen molar-refractivity contribution in [2.24, 2.45) is 0 Å². The van der Waals surface area contributed by atoms with E-state index in [2.05, 4.69) is 27.1 Å². The predicted molar refractivity (Wildman–Crippen MR) is 132 cm³/mol. The zero-order valence-corrected chi connectivity index (χ0v) is 18.5. The molecule has 1 aliphatic rings. The number of benzene rings is 1. The highest BCUT2D eigenvalue weighted by atomic mass is 16.2. The molecule has 0 radical (unpaired) electrons. The van der Waals surface area contributed by atoms with Gasteiger partial charge in [-0.2, -0.15) is 0 Å². The molecule has 0 unspecified atom stereocenters. The molecule has 1 amide bonds. The highest BCUT2D eigenvalue weighted by Crippen LogP contribution is 2.22. The Morgan fingerprint density at radius 2 is 1.79 bits per heavy atom. The van der Waals surface area contributed by atoms with Crippen molar-refractivity contribution in [1.82, 2.24) is 24.6 Å². The van der Waals surface area contributed by atoms with Crippen LogP contribution < -0.4 is 11.1 Å². The summed E-state index contributed by atoms with van der Waals surface area (Å²) in [7, 11) is 0. The fourth-order valence-electron chi connectivity index (χ4n) is 3.98. The summed E-state index contributed by atoms with van der Waals surface area (Å²) in [6.45, 7) is 3.12. The van der Waals surface area contributed by atoms with Gasteiger partial charge in [-0.05, 0) is 47.4 Å². The van der Waals surface area contributed by atoms with Crippen LogP contribution in [0.15, 0.2) is 61.1 Å². The van der Waals surface area contributed by atoms with Crippen LogP contribution in [-0.2, 0) is 0 Å². The lowest BCUT2D eigenvalue weighted by Gasteiger charge is -2.27. The number of piperazine rings is 1. The Balaban J connectivity index is 1.43. The topological polar surface area (TPSA) is 112 Å². The maximum Gasteiger partial charge on any atom is 0.253 e. The molecule has 34 heavy (non-hydrogen) atoms. The van der Waals surface area contributed by atoms with Gasteiger partial charge in [0.05, 0.1) is 6.20 Å². The molecule has 1 aliphatic heterocycles. The molecular weight excluding hydrogens is 426 g/mol. The smallest absolute Gasteiger partial charge is 0.253 e. The number of amides is 1. The van der Waals surface area contributed by atoms with Crippen molar-refractivity contribution in [2.75, 3.05) is 31.9 Å². The molecule has 0 aliphatic carbocycles. The van der Waals surface area contributed by atoms with Crippen LogP contribution >= 0.6 is 0 Å². The van der Waals surface area contributed by atoms with Crippen molar-refractivity contribution >= 4 is 23.6 Å². The number of carbonyl (C=O) groups is 1. The number of rotatable bonds is 3. The SMILES string of the molecule is N=Cc1c(C#Cc2cnc3ccc(-c4ccc(C(=O)N5CCNCC5)cc4)cn23)ccnc1N. The van der Waals surface area contributed by atoms with E-state index in [1.54, 1.807) is 18.5 Å². The van der Waals surface area contributed by atoms with Gasteiger partial charge >= 0.3 is 0 Å². The van der Waals surface area contributed by atoms with Gasteiger partial charge in [0.25, 0.3) is 5.91 Å². The second kappa shape index (κ2) is 9.17. The zero-order valence-electron chi connectivity index (χ0n) is 18.5. The molecule has 5 rings (SSSR count). The van der Waals surface area contributed by atoms with Crippen LogP contribution in [0.25, 0.3) is 16.8 Å². The molecule has 4 aromatic rings. The van der Waals surface area contributed by atoms with Gasteiger partial charge in [-0.25, -0.2) is 9.97 Å². The standard InChI is InChI=1S/C26H23N7O/c27-15-23-19(9-10-30-25(23)28)5-7-22-16-31-24-8-6-21(17-33(22)24)18-1-3-20(4-2-18)26(34)32-13-11-29-12-14-32/h1-4,6,8-10,15-17,27,29H,11-14H2,(H2,28,30). The summed E-state index contributed by atoms with van der Waals surface area (Å²) < 4.78 is 1.93. The van der Waals surface area contributed by atoms with Crippen molar-refractivity contribution in [3.8, 4) is 23.0 Å². The van der Waals surface area contributed by atoms with Gasteiger partial charge in [-0.15, -0.1) is 0 Å². The number of anilines is 1. The number of hydrogen-bond donors (Lipinski definition) is 3. The van der Waals surface area contributed by atoms with Crippen molar-refractivity contribution in [3.05, 3.63) is 83.4 Å². The van der Waals surface area contributed by atoms with E-state index < -0.39 is 0 Å². The largest absolute Gasteiger partial charge is 0.383 e. The number of pyridine rings is 2. The van der Waals surface area contributed by atoms with E-state index in [-0.39, 0.29) is 11.7 Å². The first-order valence-corrected chi connectivity index (χ1v) is 11.0. The van der Waals surface area contributed by atoms with Gasteiger partial charge in [0.15, 0.2) is 0 Å². The third-order valence-corrected chi connectivity index (χ3v) is 5.87. The van der Waals surface area contributed by atoms with Crippen molar-refractivity contribution < 1.29 is 4.79 Å². The van der Waals surface area contributed by atoms with Crippen LogP contribution in [-0.4, -0.2) is 57.6 Å². The van der Waals surface area contributed by atoms with Gasteiger partial charge in [0.1, 0.15) is 17.2 Å². The predicted octanol–water partition coefficient (Wildman–Crippen LogP) is 2.42. The van der Waals surface area contributed by atoms with E-state index in [4.69, 9.17) is 11.1 Å². The Morgan fingerprint density at radius 1 is 1.03 bits per heavy atom. The first kappa shape index (κ1) is 21.4. The summed E-state index contributed by atoms with van der Waals surface area (Å²) in [5, 5.41) is 10.8. The minimum Gasteiger partial charge on any atom is -0.383 e. The first-order chi connectivity index (χ1) is 16.6. The van der Waals surface area contributed by atoms with Gasteiger partial charge in [-0.1, -0.05) is 18.1 Å². The van der Waals surface area contributed by atoms with E-state index in [1.165, 1.54) is 0 Å². The molecule has 0 bridgehead atoms. The molecule has 8 nitrogen and oxygen atoms in total. The molecule has 3 aromatic heterocycles. The Labute approximate surface area is 197 Å². The normalized spacial score (nSPS) is 13.4. The third-order valence-electron chi connectivity index (χ3n) is 5.87. The monoisotopic (exact) mass is 449 g/mol. The second-order valence-electron chi connectivity index (χ2n) is 7.96. The molecule has 1 aromatic carbocycles. The minimum atomic E-state index is 0.0664. The fourth-order valence-corrected chi connectivity index (χ4v) is 3.98. The Bertz CT molecular complexity index is 1440. The quantitative estimate of drug-likeness (QED) is 0.329. The summed E-state index contributed by atoms with van der Waals surface area (Å²) in [6, 6.07) is 13.4. The van der Waals surface area contributed by atoms with Crippen LogP contribution in [0.1, 0.15) is 27.2 Å². The number of carbonyl (C=O) groups excluding carboxylic acids is 1. The minimum absolute atomic E-state index is 0.0664. The Morgan fingerprint density at radius 3 is 2.56 bits per heavy atom. The Kier molecular flexibility index (Phi) is 5.77. The van der Waals surface area contributed by atoms with Gasteiger partial charge < -0.3 is 21.4 Å². The highest BCUT2D eigenvalue weighted by molar-refractivity contribution is 5.94. The van der Waals surface area contributed by atoms with Crippen molar-refractivity contribution in [1.29, 1.82) is 5.41 Å². The fraction of sp³-hybridized carbons (Fsp3) is 0.154. The zero-order chi connectivity index (χ0) is 23.5. The number of hydrogen-bond acceptors (Lipinski definition) is 6.